The zero-order valence-electron chi connectivity index (χ0n) is 20.2. The van der Waals surface area contributed by atoms with Crippen LogP contribution in [0.5, 0.6) is 0 Å². The fraction of sp³-hybridized carbons (Fsp3) is 0.214. The number of benzene rings is 2. The van der Waals surface area contributed by atoms with E-state index in [0.29, 0.717) is 11.3 Å². The van der Waals surface area contributed by atoms with Crippen molar-refractivity contribution in [3.63, 3.8) is 0 Å². The lowest BCUT2D eigenvalue weighted by atomic mass is 9.94. The molecule has 0 radical (unpaired) electrons. The Morgan fingerprint density at radius 2 is 1.81 bits per heavy atom. The molecule has 1 amide bonds. The number of anilines is 1. The van der Waals surface area contributed by atoms with E-state index in [0.717, 1.165) is 28.9 Å². The maximum Gasteiger partial charge on any atom is 0.350 e. The average Bonchev–Trinajstić information content (AvgIpc) is 3.40. The van der Waals surface area contributed by atoms with E-state index in [-0.39, 0.29) is 22.2 Å². The summed E-state index contributed by atoms with van der Waals surface area (Å²) in [5.74, 6) is -2.41. The van der Waals surface area contributed by atoms with Crippen molar-refractivity contribution in [3.05, 3.63) is 99.3 Å². The zero-order valence-corrected chi connectivity index (χ0v) is 21.0. The van der Waals surface area contributed by atoms with Crippen molar-refractivity contribution >= 4 is 40.2 Å². The molecule has 1 N–H and O–H groups in total. The van der Waals surface area contributed by atoms with E-state index < -0.39 is 29.5 Å². The monoisotopic (exact) mass is 502 g/mol. The van der Waals surface area contributed by atoms with Crippen LogP contribution in [0.4, 0.5) is 5.13 Å². The highest BCUT2D eigenvalue weighted by atomic mass is 32.1. The summed E-state index contributed by atoms with van der Waals surface area (Å²) in [4.78, 5) is 45.0. The Hall–Kier alpha value is -4.04. The number of carbonyl (C=O) groups excluding carboxylic acids is 3. The molecule has 1 aliphatic rings. The number of ether oxygens (including phenoxy) is 1. The van der Waals surface area contributed by atoms with Crippen molar-refractivity contribution < 1.29 is 24.2 Å². The molecular formula is C28H26N2O5S. The number of allylic oxidation sites excluding steroid dienone is 1. The Balaban J connectivity index is 1.78. The minimum Gasteiger partial charge on any atom is -0.503 e. The van der Waals surface area contributed by atoms with Crippen LogP contribution in [0.25, 0.3) is 6.08 Å². The van der Waals surface area contributed by atoms with Gasteiger partial charge in [0.1, 0.15) is 4.88 Å². The molecule has 0 bridgehead atoms. The van der Waals surface area contributed by atoms with Gasteiger partial charge in [-0.15, -0.1) is 0 Å². The summed E-state index contributed by atoms with van der Waals surface area (Å²) in [7, 11) is 0. The highest BCUT2D eigenvalue weighted by Crippen LogP contribution is 2.43. The van der Waals surface area contributed by atoms with Crippen molar-refractivity contribution in [1.82, 2.24) is 4.98 Å². The van der Waals surface area contributed by atoms with Gasteiger partial charge in [0.15, 0.2) is 16.7 Å². The SMILES string of the molecule is CCOC(=O)c1sc(N2C(=O)C(O)=C(C(=O)C=Cc3ccccc3)C2c2ccc(CC)cc2)nc1C. The number of amides is 1. The minimum absolute atomic E-state index is 0.0398. The first-order chi connectivity index (χ1) is 17.3. The molecule has 7 nitrogen and oxygen atoms in total. The van der Waals surface area contributed by atoms with Crippen LogP contribution < -0.4 is 4.90 Å². The number of hydrogen-bond acceptors (Lipinski definition) is 7. The topological polar surface area (TPSA) is 96.8 Å². The van der Waals surface area contributed by atoms with Crippen molar-refractivity contribution in [2.24, 2.45) is 0 Å². The maximum absolute atomic E-state index is 13.3. The third-order valence-corrected chi connectivity index (χ3v) is 6.99. The average molecular weight is 503 g/mol. The predicted molar refractivity (Wildman–Crippen MR) is 139 cm³/mol. The number of rotatable bonds is 8. The molecule has 1 atom stereocenters. The van der Waals surface area contributed by atoms with Crippen LogP contribution in [0.15, 0.2) is 72.0 Å². The van der Waals surface area contributed by atoms with Gasteiger partial charge in [-0.05, 0) is 43.0 Å². The van der Waals surface area contributed by atoms with E-state index in [9.17, 15) is 19.5 Å². The number of esters is 1. The molecule has 1 aromatic heterocycles. The summed E-state index contributed by atoms with van der Waals surface area (Å²) in [6.07, 6.45) is 3.82. The fourth-order valence-corrected chi connectivity index (χ4v) is 4.99. The molecule has 1 unspecified atom stereocenters. The predicted octanol–water partition coefficient (Wildman–Crippen LogP) is 5.37. The summed E-state index contributed by atoms with van der Waals surface area (Å²) in [5.41, 5.74) is 2.91. The molecule has 0 spiro atoms. The zero-order chi connectivity index (χ0) is 25.8. The molecule has 0 saturated carbocycles. The van der Waals surface area contributed by atoms with E-state index in [1.807, 2.05) is 61.5 Å². The van der Waals surface area contributed by atoms with E-state index >= 15 is 0 Å². The van der Waals surface area contributed by atoms with Crippen molar-refractivity contribution in [1.29, 1.82) is 0 Å². The van der Waals surface area contributed by atoms with Gasteiger partial charge in [0, 0.05) is 0 Å². The molecular weight excluding hydrogens is 476 g/mol. The van der Waals surface area contributed by atoms with E-state index in [1.54, 1.807) is 19.9 Å². The van der Waals surface area contributed by atoms with Crippen LogP contribution in [0.3, 0.4) is 0 Å². The second-order valence-electron chi connectivity index (χ2n) is 8.17. The Bertz CT molecular complexity index is 1360. The number of carbonyl (C=O) groups is 3. The van der Waals surface area contributed by atoms with E-state index in [1.165, 1.54) is 11.0 Å². The largest absolute Gasteiger partial charge is 0.503 e. The van der Waals surface area contributed by atoms with Gasteiger partial charge in [0.25, 0.3) is 5.91 Å². The number of ketones is 1. The smallest absolute Gasteiger partial charge is 0.350 e. The van der Waals surface area contributed by atoms with Crippen LogP contribution in [0.2, 0.25) is 0 Å². The number of aliphatic hydroxyl groups is 1. The Morgan fingerprint density at radius 3 is 2.44 bits per heavy atom. The number of aliphatic hydroxyl groups excluding tert-OH is 1. The van der Waals surface area contributed by atoms with Crippen LogP contribution in [0.1, 0.15) is 51.9 Å². The summed E-state index contributed by atoms with van der Waals surface area (Å²) < 4.78 is 5.11. The molecule has 2 aromatic carbocycles. The number of hydrogen-bond donors (Lipinski definition) is 1. The standard InChI is InChI=1S/C28H26N2O5S/c1-4-18-11-14-20(15-12-18)23-22(21(31)16-13-19-9-7-6-8-10-19)24(32)26(33)30(23)28-29-17(3)25(36-28)27(34)35-5-2/h6-16,23,32H,4-5H2,1-3H3. The molecule has 1 aliphatic heterocycles. The molecule has 2 heterocycles. The Labute approximate surface area is 213 Å². The van der Waals surface area contributed by atoms with E-state index in [4.69, 9.17) is 4.74 Å². The quantitative estimate of drug-likeness (QED) is 0.328. The number of aromatic nitrogens is 1. The molecule has 0 aliphatic carbocycles. The molecule has 8 heteroatoms. The number of thiazole rings is 1. The molecule has 184 valence electrons. The summed E-state index contributed by atoms with van der Waals surface area (Å²) in [6, 6.07) is 15.9. The highest BCUT2D eigenvalue weighted by molar-refractivity contribution is 7.17. The van der Waals surface area contributed by atoms with Gasteiger partial charge in [0.05, 0.1) is 23.9 Å². The van der Waals surface area contributed by atoms with Gasteiger partial charge in [-0.25, -0.2) is 9.78 Å². The Morgan fingerprint density at radius 1 is 1.11 bits per heavy atom. The number of nitrogens with zero attached hydrogens (tertiary/aromatic N) is 2. The molecule has 36 heavy (non-hydrogen) atoms. The van der Waals surface area contributed by atoms with Crippen LogP contribution in [-0.2, 0) is 20.7 Å². The maximum atomic E-state index is 13.3. The summed E-state index contributed by atoms with van der Waals surface area (Å²) >= 11 is 0.993. The van der Waals surface area contributed by atoms with Crippen LogP contribution in [-0.4, -0.2) is 34.4 Å². The second-order valence-corrected chi connectivity index (χ2v) is 9.15. The van der Waals surface area contributed by atoms with Gasteiger partial charge in [-0.2, -0.15) is 0 Å². The van der Waals surface area contributed by atoms with Crippen LogP contribution in [0, 0.1) is 6.92 Å². The summed E-state index contributed by atoms with van der Waals surface area (Å²) in [6.45, 7) is 5.60. The third kappa shape index (κ3) is 4.85. The second kappa shape index (κ2) is 10.7. The third-order valence-electron chi connectivity index (χ3n) is 5.86. The van der Waals surface area contributed by atoms with Gasteiger partial charge in [-0.1, -0.05) is 78.9 Å². The van der Waals surface area contributed by atoms with Gasteiger partial charge >= 0.3 is 5.97 Å². The van der Waals surface area contributed by atoms with Gasteiger partial charge in [0.2, 0.25) is 0 Å². The normalized spacial score (nSPS) is 15.7. The molecule has 0 saturated heterocycles. The first kappa shape index (κ1) is 25.1. The fourth-order valence-electron chi connectivity index (χ4n) is 4.00. The first-order valence-corrected chi connectivity index (χ1v) is 12.4. The Kier molecular flexibility index (Phi) is 7.45. The first-order valence-electron chi connectivity index (χ1n) is 11.6. The molecule has 3 aromatic rings. The molecule has 0 fully saturated rings. The lowest BCUT2D eigenvalue weighted by Crippen LogP contribution is -2.30. The van der Waals surface area contributed by atoms with Gasteiger partial charge < -0.3 is 9.84 Å². The minimum atomic E-state index is -0.906. The van der Waals surface area contributed by atoms with Gasteiger partial charge in [-0.3, -0.25) is 14.5 Å². The van der Waals surface area contributed by atoms with Crippen molar-refractivity contribution in [2.75, 3.05) is 11.5 Å². The molecule has 4 rings (SSSR count). The number of aryl methyl sites for hydroxylation is 2. The van der Waals surface area contributed by atoms with Crippen molar-refractivity contribution in [3.8, 4) is 0 Å². The lowest BCUT2D eigenvalue weighted by molar-refractivity contribution is -0.117. The van der Waals surface area contributed by atoms with Crippen molar-refractivity contribution in [2.45, 2.75) is 33.2 Å². The highest BCUT2D eigenvalue weighted by Gasteiger charge is 2.45. The van der Waals surface area contributed by atoms with E-state index in [2.05, 4.69) is 4.98 Å². The lowest BCUT2D eigenvalue weighted by Gasteiger charge is -2.24. The summed E-state index contributed by atoms with van der Waals surface area (Å²) in [5, 5.41) is 11.1. The van der Waals surface area contributed by atoms with Crippen LogP contribution >= 0.6 is 11.3 Å².